The van der Waals surface area contributed by atoms with Gasteiger partial charge < -0.3 is 14.8 Å². The zero-order chi connectivity index (χ0) is 15.4. The molecule has 1 amide bonds. The van der Waals surface area contributed by atoms with Crippen LogP contribution in [-0.4, -0.2) is 49.1 Å². The van der Waals surface area contributed by atoms with Gasteiger partial charge in [0.25, 0.3) is 0 Å². The summed E-state index contributed by atoms with van der Waals surface area (Å²) >= 11 is 1.40. The number of carbonyl (C=O) groups is 3. The van der Waals surface area contributed by atoms with Crippen LogP contribution in [0.5, 0.6) is 0 Å². The Morgan fingerprint density at radius 1 is 1.25 bits per heavy atom. The summed E-state index contributed by atoms with van der Waals surface area (Å²) in [5.74, 6) is -0.337. The van der Waals surface area contributed by atoms with E-state index in [2.05, 4.69) is 10.1 Å². The average Bonchev–Trinajstić information content (AvgIpc) is 2.41. The van der Waals surface area contributed by atoms with Crippen LogP contribution in [0.25, 0.3) is 0 Å². The number of rotatable bonds is 10. The molecule has 1 atom stereocenters. The Labute approximate surface area is 124 Å². The Kier molecular flexibility index (Phi) is 10.9. The van der Waals surface area contributed by atoms with Crippen molar-refractivity contribution in [3.63, 3.8) is 0 Å². The Hall–Kier alpha value is -1.24. The number of hydrogen-bond acceptors (Lipinski definition) is 6. The molecule has 0 saturated carbocycles. The molecule has 20 heavy (non-hydrogen) atoms. The van der Waals surface area contributed by atoms with Crippen LogP contribution >= 0.6 is 11.8 Å². The molecule has 7 heteroatoms. The highest BCUT2D eigenvalue weighted by Crippen LogP contribution is 2.13. The minimum Gasteiger partial charge on any atom is -0.469 e. The van der Waals surface area contributed by atoms with Crippen molar-refractivity contribution < 1.29 is 23.9 Å². The first-order valence-corrected chi connectivity index (χ1v) is 7.65. The standard InChI is InChI=1S/C13H23NO5S/c1-4-19-12(16)6-5-7-14-11(15)9-20-10(2)8-13(17)18-3/h10H,4-9H2,1-3H3,(H,14,15). The van der Waals surface area contributed by atoms with Gasteiger partial charge >= 0.3 is 11.9 Å². The first-order valence-electron chi connectivity index (χ1n) is 6.60. The number of carbonyl (C=O) groups excluding carboxylic acids is 3. The van der Waals surface area contributed by atoms with Crippen molar-refractivity contribution in [3.8, 4) is 0 Å². The van der Waals surface area contributed by atoms with Gasteiger partial charge in [-0.25, -0.2) is 0 Å². The molecule has 0 fully saturated rings. The van der Waals surface area contributed by atoms with Gasteiger partial charge in [0, 0.05) is 18.2 Å². The lowest BCUT2D eigenvalue weighted by Crippen LogP contribution is -2.27. The van der Waals surface area contributed by atoms with E-state index in [9.17, 15) is 14.4 Å². The number of ether oxygens (including phenoxy) is 2. The van der Waals surface area contributed by atoms with Crippen LogP contribution in [0.3, 0.4) is 0 Å². The summed E-state index contributed by atoms with van der Waals surface area (Å²) in [5, 5.41) is 2.75. The molecule has 116 valence electrons. The van der Waals surface area contributed by atoms with Crippen molar-refractivity contribution >= 4 is 29.6 Å². The minimum atomic E-state index is -0.278. The second-order valence-corrected chi connectivity index (χ2v) is 5.59. The summed E-state index contributed by atoms with van der Waals surface area (Å²) in [6, 6.07) is 0. The quantitative estimate of drug-likeness (QED) is 0.481. The molecule has 6 nitrogen and oxygen atoms in total. The lowest BCUT2D eigenvalue weighted by molar-refractivity contribution is -0.143. The van der Waals surface area contributed by atoms with E-state index in [1.165, 1.54) is 18.9 Å². The highest BCUT2D eigenvalue weighted by atomic mass is 32.2. The van der Waals surface area contributed by atoms with Crippen molar-refractivity contribution in [2.75, 3.05) is 26.0 Å². The van der Waals surface area contributed by atoms with Crippen molar-refractivity contribution in [3.05, 3.63) is 0 Å². The summed E-state index contributed by atoms with van der Waals surface area (Å²) < 4.78 is 9.33. The molecule has 0 aromatic carbocycles. The zero-order valence-corrected chi connectivity index (χ0v) is 13.1. The van der Waals surface area contributed by atoms with E-state index in [0.29, 0.717) is 26.0 Å². The van der Waals surface area contributed by atoms with E-state index in [1.54, 1.807) is 6.92 Å². The number of hydrogen-bond donors (Lipinski definition) is 1. The normalized spacial score (nSPS) is 11.6. The SMILES string of the molecule is CCOC(=O)CCCNC(=O)CSC(C)CC(=O)OC. The third-order valence-electron chi connectivity index (χ3n) is 2.37. The second-order valence-electron chi connectivity index (χ2n) is 4.16. The molecule has 0 aliphatic heterocycles. The molecule has 1 N–H and O–H groups in total. The highest BCUT2D eigenvalue weighted by Gasteiger charge is 2.11. The van der Waals surface area contributed by atoms with E-state index in [1.807, 2.05) is 6.92 Å². The summed E-state index contributed by atoms with van der Waals surface area (Å²) in [7, 11) is 1.34. The van der Waals surface area contributed by atoms with E-state index in [-0.39, 0.29) is 35.3 Å². The fourth-order valence-electron chi connectivity index (χ4n) is 1.34. The predicted molar refractivity (Wildman–Crippen MR) is 77.4 cm³/mol. The van der Waals surface area contributed by atoms with E-state index in [4.69, 9.17) is 4.74 Å². The topological polar surface area (TPSA) is 81.7 Å². The minimum absolute atomic E-state index is 0.0349. The van der Waals surface area contributed by atoms with Gasteiger partial charge in [-0.1, -0.05) is 6.92 Å². The number of methoxy groups -OCH3 is 1. The van der Waals surface area contributed by atoms with E-state index >= 15 is 0 Å². The van der Waals surface area contributed by atoms with Gasteiger partial charge in [-0.3, -0.25) is 14.4 Å². The second kappa shape index (κ2) is 11.6. The molecule has 0 rings (SSSR count). The maximum Gasteiger partial charge on any atom is 0.306 e. The van der Waals surface area contributed by atoms with E-state index in [0.717, 1.165) is 0 Å². The Morgan fingerprint density at radius 3 is 2.55 bits per heavy atom. The van der Waals surface area contributed by atoms with Gasteiger partial charge in [-0.2, -0.15) is 0 Å². The number of amides is 1. The largest absolute Gasteiger partial charge is 0.469 e. The molecule has 0 radical (unpaired) electrons. The summed E-state index contributed by atoms with van der Waals surface area (Å²) in [6.07, 6.45) is 1.16. The Morgan fingerprint density at radius 2 is 1.95 bits per heavy atom. The third-order valence-corrected chi connectivity index (χ3v) is 3.53. The van der Waals surface area contributed by atoms with Crippen LogP contribution < -0.4 is 5.32 Å². The number of esters is 2. The van der Waals surface area contributed by atoms with E-state index < -0.39 is 0 Å². The van der Waals surface area contributed by atoms with Crippen LogP contribution in [0.4, 0.5) is 0 Å². The molecule has 0 heterocycles. The van der Waals surface area contributed by atoms with Gasteiger partial charge in [0.05, 0.1) is 25.9 Å². The maximum absolute atomic E-state index is 11.5. The van der Waals surface area contributed by atoms with Gasteiger partial charge in [0.1, 0.15) is 0 Å². The van der Waals surface area contributed by atoms with Crippen LogP contribution in [0, 0.1) is 0 Å². The van der Waals surface area contributed by atoms with Crippen LogP contribution in [0.1, 0.15) is 33.1 Å². The molecule has 0 spiro atoms. The fourth-order valence-corrected chi connectivity index (χ4v) is 2.13. The van der Waals surface area contributed by atoms with Crippen LogP contribution in [-0.2, 0) is 23.9 Å². The monoisotopic (exact) mass is 305 g/mol. The highest BCUT2D eigenvalue weighted by molar-refractivity contribution is 8.00. The molecule has 0 bridgehead atoms. The van der Waals surface area contributed by atoms with Crippen molar-refractivity contribution in [1.29, 1.82) is 0 Å². The zero-order valence-electron chi connectivity index (χ0n) is 12.3. The van der Waals surface area contributed by atoms with Gasteiger partial charge in [-0.05, 0) is 13.3 Å². The van der Waals surface area contributed by atoms with Crippen molar-refractivity contribution in [2.24, 2.45) is 0 Å². The lowest BCUT2D eigenvalue weighted by Gasteiger charge is -2.10. The average molecular weight is 305 g/mol. The lowest BCUT2D eigenvalue weighted by atomic mass is 10.3. The molecule has 1 unspecified atom stereocenters. The molecule has 0 aliphatic carbocycles. The Balaban J connectivity index is 3.59. The molecule has 0 aromatic rings. The van der Waals surface area contributed by atoms with Crippen molar-refractivity contribution in [2.45, 2.75) is 38.4 Å². The van der Waals surface area contributed by atoms with Crippen LogP contribution in [0.15, 0.2) is 0 Å². The molecule has 0 aliphatic rings. The van der Waals surface area contributed by atoms with Gasteiger partial charge in [0.15, 0.2) is 0 Å². The predicted octanol–water partition coefficient (Wildman–Crippen LogP) is 1.13. The first kappa shape index (κ1) is 18.8. The molecule has 0 saturated heterocycles. The summed E-state index contributed by atoms with van der Waals surface area (Å²) in [4.78, 5) is 33.6. The smallest absolute Gasteiger partial charge is 0.306 e. The van der Waals surface area contributed by atoms with Crippen molar-refractivity contribution in [1.82, 2.24) is 5.32 Å². The van der Waals surface area contributed by atoms with Gasteiger partial charge in [-0.15, -0.1) is 11.8 Å². The molecular weight excluding hydrogens is 282 g/mol. The molecule has 0 aromatic heterocycles. The Bertz CT molecular complexity index is 322. The molecular formula is C13H23NO5S. The fraction of sp³-hybridized carbons (Fsp3) is 0.769. The first-order chi connectivity index (χ1) is 9.49. The number of thioether (sulfide) groups is 1. The van der Waals surface area contributed by atoms with Gasteiger partial charge in [0.2, 0.25) is 5.91 Å². The number of nitrogens with one attached hydrogen (secondary N) is 1. The third kappa shape index (κ3) is 10.7. The summed E-state index contributed by atoms with van der Waals surface area (Å²) in [6.45, 7) is 4.45. The summed E-state index contributed by atoms with van der Waals surface area (Å²) in [5.41, 5.74) is 0. The van der Waals surface area contributed by atoms with Crippen LogP contribution in [0.2, 0.25) is 0 Å². The maximum atomic E-state index is 11.5.